The summed E-state index contributed by atoms with van der Waals surface area (Å²) in [5, 5.41) is 9.90. The Balaban J connectivity index is 1.99. The van der Waals surface area contributed by atoms with Gasteiger partial charge in [0, 0.05) is 6.54 Å². The fraction of sp³-hybridized carbons (Fsp3) is 0.214. The van der Waals surface area contributed by atoms with Crippen LogP contribution in [0.3, 0.4) is 0 Å². The van der Waals surface area contributed by atoms with Gasteiger partial charge in [0.2, 0.25) is 0 Å². The molecule has 6 heteroatoms. The highest BCUT2D eigenvalue weighted by Crippen LogP contribution is 2.26. The second kappa shape index (κ2) is 4.42. The van der Waals surface area contributed by atoms with Crippen molar-refractivity contribution >= 4 is 22.8 Å². The molecule has 0 aliphatic carbocycles. The normalized spacial score (nSPS) is 14.6. The highest BCUT2D eigenvalue weighted by molar-refractivity contribution is 7.13. The third-order valence-corrected chi connectivity index (χ3v) is 4.19. The van der Waals surface area contributed by atoms with Crippen LogP contribution in [0.15, 0.2) is 34.6 Å². The van der Waals surface area contributed by atoms with Crippen LogP contribution in [0.25, 0.3) is 16.2 Å². The molecule has 4 rings (SSSR count). The zero-order valence-electron chi connectivity index (χ0n) is 11.0. The molecule has 1 aliphatic rings. The average Bonchev–Trinajstić information content (AvgIpc) is 3.18. The van der Waals surface area contributed by atoms with Gasteiger partial charge in [0.25, 0.3) is 0 Å². The summed E-state index contributed by atoms with van der Waals surface area (Å²) in [5.41, 5.74) is 2.95. The van der Waals surface area contributed by atoms with Crippen LogP contribution in [0, 0.1) is 6.92 Å². The highest BCUT2D eigenvalue weighted by Gasteiger charge is 2.17. The highest BCUT2D eigenvalue weighted by atomic mass is 32.1. The van der Waals surface area contributed by atoms with Gasteiger partial charge in [-0.05, 0) is 30.5 Å². The summed E-state index contributed by atoms with van der Waals surface area (Å²) in [4.78, 5) is 10.2. The lowest BCUT2D eigenvalue weighted by Crippen LogP contribution is -2.20. The predicted octanol–water partition coefficient (Wildman–Crippen LogP) is 2.12. The molecular weight excluding hydrogens is 270 g/mol. The van der Waals surface area contributed by atoms with E-state index in [1.54, 1.807) is 11.3 Å². The molecule has 4 heterocycles. The summed E-state index contributed by atoms with van der Waals surface area (Å²) < 4.78 is 1.92. The number of hydrogen-bond acceptors (Lipinski definition) is 5. The summed E-state index contributed by atoms with van der Waals surface area (Å²) in [6, 6.07) is 8.31. The van der Waals surface area contributed by atoms with Gasteiger partial charge in [0.05, 0.1) is 22.7 Å². The third kappa shape index (κ3) is 1.72. The standard InChI is InChI=1S/C14H13N5S/c1-9-17-14-10(13-15-6-7-16-13)4-5-11(19(14)18-9)12-3-2-8-20-12/h2-5,8H,6-7H2,1H3,(H,15,16). The Labute approximate surface area is 120 Å². The van der Waals surface area contributed by atoms with E-state index in [0.29, 0.717) is 0 Å². The van der Waals surface area contributed by atoms with Crippen LogP contribution in [-0.4, -0.2) is 33.5 Å². The fourth-order valence-corrected chi connectivity index (χ4v) is 3.17. The first-order valence-electron chi connectivity index (χ1n) is 6.52. The molecule has 0 radical (unpaired) electrons. The van der Waals surface area contributed by atoms with Gasteiger partial charge < -0.3 is 5.32 Å². The number of aryl methyl sites for hydroxylation is 1. The first-order chi connectivity index (χ1) is 9.83. The lowest BCUT2D eigenvalue weighted by Gasteiger charge is -2.07. The number of hydrogen-bond donors (Lipinski definition) is 1. The number of aromatic nitrogens is 3. The Morgan fingerprint density at radius 3 is 3.00 bits per heavy atom. The molecule has 20 heavy (non-hydrogen) atoms. The van der Waals surface area contributed by atoms with E-state index in [0.717, 1.165) is 41.7 Å². The molecule has 0 unspecified atom stereocenters. The molecule has 0 saturated heterocycles. The van der Waals surface area contributed by atoms with Crippen molar-refractivity contribution in [2.75, 3.05) is 13.1 Å². The van der Waals surface area contributed by atoms with Gasteiger partial charge in [0.1, 0.15) is 11.7 Å². The number of aliphatic imine (C=N–C) groups is 1. The van der Waals surface area contributed by atoms with E-state index in [2.05, 4.69) is 44.0 Å². The van der Waals surface area contributed by atoms with Crippen molar-refractivity contribution in [3.8, 4) is 10.6 Å². The van der Waals surface area contributed by atoms with E-state index >= 15 is 0 Å². The van der Waals surface area contributed by atoms with E-state index in [1.165, 1.54) is 4.88 Å². The van der Waals surface area contributed by atoms with Crippen LogP contribution >= 0.6 is 11.3 Å². The Bertz CT molecular complexity index is 800. The van der Waals surface area contributed by atoms with Crippen LogP contribution in [-0.2, 0) is 0 Å². The number of nitrogens with one attached hydrogen (secondary N) is 1. The van der Waals surface area contributed by atoms with Crippen LogP contribution in [0.5, 0.6) is 0 Å². The predicted molar refractivity (Wildman–Crippen MR) is 80.4 cm³/mol. The van der Waals surface area contributed by atoms with E-state index < -0.39 is 0 Å². The number of rotatable bonds is 2. The summed E-state index contributed by atoms with van der Waals surface area (Å²) in [7, 11) is 0. The van der Waals surface area contributed by atoms with Gasteiger partial charge in [-0.25, -0.2) is 9.50 Å². The number of nitrogens with zero attached hydrogens (tertiary/aromatic N) is 4. The maximum atomic E-state index is 4.56. The summed E-state index contributed by atoms with van der Waals surface area (Å²) in [6.45, 7) is 3.63. The number of thiophene rings is 1. The molecular formula is C14H13N5S. The fourth-order valence-electron chi connectivity index (χ4n) is 2.44. The lowest BCUT2D eigenvalue weighted by molar-refractivity contribution is 0.937. The first-order valence-corrected chi connectivity index (χ1v) is 7.40. The topological polar surface area (TPSA) is 54.6 Å². The van der Waals surface area contributed by atoms with Gasteiger partial charge in [-0.1, -0.05) is 6.07 Å². The Morgan fingerprint density at radius 1 is 1.30 bits per heavy atom. The SMILES string of the molecule is Cc1nc2c(C3=NCCN3)ccc(-c3cccs3)n2n1. The second-order valence-corrected chi connectivity index (χ2v) is 5.61. The lowest BCUT2D eigenvalue weighted by atomic mass is 10.2. The van der Waals surface area contributed by atoms with Crippen molar-refractivity contribution in [1.29, 1.82) is 0 Å². The molecule has 0 aromatic carbocycles. The summed E-state index contributed by atoms with van der Waals surface area (Å²) >= 11 is 1.70. The van der Waals surface area contributed by atoms with Gasteiger partial charge in [-0.3, -0.25) is 4.99 Å². The molecule has 0 atom stereocenters. The van der Waals surface area contributed by atoms with Crippen molar-refractivity contribution in [1.82, 2.24) is 19.9 Å². The van der Waals surface area contributed by atoms with Crippen LogP contribution < -0.4 is 5.32 Å². The zero-order chi connectivity index (χ0) is 13.5. The molecule has 100 valence electrons. The van der Waals surface area contributed by atoms with Gasteiger partial charge in [0.15, 0.2) is 5.65 Å². The molecule has 5 nitrogen and oxygen atoms in total. The molecule has 0 saturated carbocycles. The maximum Gasteiger partial charge on any atom is 0.167 e. The molecule has 1 N–H and O–H groups in total. The minimum Gasteiger partial charge on any atom is -0.368 e. The molecule has 0 amide bonds. The number of pyridine rings is 1. The molecule has 3 aromatic rings. The summed E-state index contributed by atoms with van der Waals surface area (Å²) in [5.74, 6) is 1.69. The minimum atomic E-state index is 0.772. The van der Waals surface area contributed by atoms with E-state index in [-0.39, 0.29) is 0 Å². The van der Waals surface area contributed by atoms with Gasteiger partial charge >= 0.3 is 0 Å². The van der Waals surface area contributed by atoms with Crippen LogP contribution in [0.1, 0.15) is 11.4 Å². The van der Waals surface area contributed by atoms with Crippen molar-refractivity contribution < 1.29 is 0 Å². The Morgan fingerprint density at radius 2 is 2.25 bits per heavy atom. The van der Waals surface area contributed by atoms with E-state index in [1.807, 2.05) is 17.5 Å². The zero-order valence-corrected chi connectivity index (χ0v) is 11.8. The maximum absolute atomic E-state index is 4.56. The third-order valence-electron chi connectivity index (χ3n) is 3.29. The smallest absolute Gasteiger partial charge is 0.167 e. The van der Waals surface area contributed by atoms with Crippen LogP contribution in [0.4, 0.5) is 0 Å². The average molecular weight is 283 g/mol. The van der Waals surface area contributed by atoms with Crippen molar-refractivity contribution in [3.05, 3.63) is 41.0 Å². The van der Waals surface area contributed by atoms with Crippen molar-refractivity contribution in [3.63, 3.8) is 0 Å². The summed E-state index contributed by atoms with van der Waals surface area (Å²) in [6.07, 6.45) is 0. The Hall–Kier alpha value is -2.21. The quantitative estimate of drug-likeness (QED) is 0.783. The first kappa shape index (κ1) is 11.6. The van der Waals surface area contributed by atoms with Gasteiger partial charge in [-0.15, -0.1) is 11.3 Å². The molecule has 0 bridgehead atoms. The van der Waals surface area contributed by atoms with E-state index in [4.69, 9.17) is 0 Å². The number of amidine groups is 1. The van der Waals surface area contributed by atoms with Crippen LogP contribution in [0.2, 0.25) is 0 Å². The van der Waals surface area contributed by atoms with Gasteiger partial charge in [-0.2, -0.15) is 5.10 Å². The molecule has 1 aliphatic heterocycles. The monoisotopic (exact) mass is 283 g/mol. The molecule has 3 aromatic heterocycles. The largest absolute Gasteiger partial charge is 0.368 e. The molecule has 0 spiro atoms. The van der Waals surface area contributed by atoms with E-state index in [9.17, 15) is 0 Å². The minimum absolute atomic E-state index is 0.772. The second-order valence-electron chi connectivity index (χ2n) is 4.66. The Kier molecular flexibility index (Phi) is 2.56. The number of fused-ring (bicyclic) bond motifs is 1. The van der Waals surface area contributed by atoms with Crippen molar-refractivity contribution in [2.24, 2.45) is 4.99 Å². The van der Waals surface area contributed by atoms with Crippen molar-refractivity contribution in [2.45, 2.75) is 6.92 Å². The molecule has 0 fully saturated rings.